The van der Waals surface area contributed by atoms with Gasteiger partial charge in [-0.25, -0.2) is 31.5 Å². The number of imidazole rings is 2. The Bertz CT molecular complexity index is 1320. The molecule has 0 spiro atoms. The Morgan fingerprint density at radius 1 is 1.10 bits per heavy atom. The van der Waals surface area contributed by atoms with Crippen molar-refractivity contribution in [3.63, 3.8) is 0 Å². The average Bonchev–Trinajstić information content (AvgIpc) is 3.25. The molecule has 0 saturated heterocycles. The summed E-state index contributed by atoms with van der Waals surface area (Å²) in [7, 11) is -0.586. The number of sulfonamides is 1. The van der Waals surface area contributed by atoms with Crippen molar-refractivity contribution in [3.8, 4) is 0 Å². The molecule has 0 radical (unpaired) electrons. The maximum absolute atomic E-state index is 13.4. The first-order valence-corrected chi connectivity index (χ1v) is 11.5. The van der Waals surface area contributed by atoms with E-state index < -0.39 is 21.7 Å². The number of halogens is 2. The molecule has 4 rings (SSSR count). The van der Waals surface area contributed by atoms with Gasteiger partial charge in [-0.05, 0) is 25.1 Å². The van der Waals surface area contributed by atoms with Crippen LogP contribution in [-0.2, 0) is 22.3 Å². The Morgan fingerprint density at radius 2 is 1.83 bits per heavy atom. The van der Waals surface area contributed by atoms with E-state index in [1.807, 2.05) is 11.5 Å². The fourth-order valence-electron chi connectivity index (χ4n) is 3.18. The normalized spacial score (nSPS) is 12.5. The summed E-state index contributed by atoms with van der Waals surface area (Å²) in [6.45, 7) is 2.63. The number of aromatic amines is 1. The second-order valence-corrected chi connectivity index (χ2v) is 9.94. The lowest BCUT2D eigenvalue weighted by Crippen LogP contribution is -2.22. The Balaban J connectivity index is 1.65. The zero-order chi connectivity index (χ0) is 21.6. The number of rotatable bonds is 6. The SMILES string of the molecule is CCn1c(CSc2nc3cc(F)c(F)cc3[nH]2)nc2cc(S(=O)(=O)N(C)C)ccc21. The van der Waals surface area contributed by atoms with E-state index >= 15 is 0 Å². The Morgan fingerprint density at radius 3 is 2.53 bits per heavy atom. The third-order valence-corrected chi connectivity index (χ3v) is 7.41. The Kier molecular flexibility index (Phi) is 5.28. The van der Waals surface area contributed by atoms with Gasteiger partial charge >= 0.3 is 0 Å². The number of hydrogen-bond acceptors (Lipinski definition) is 5. The Hall–Kier alpha value is -2.50. The van der Waals surface area contributed by atoms with Crippen LogP contribution in [0, 0.1) is 11.6 Å². The molecule has 4 aromatic rings. The summed E-state index contributed by atoms with van der Waals surface area (Å²) in [6, 6.07) is 7.03. The van der Waals surface area contributed by atoms with Gasteiger partial charge in [0.25, 0.3) is 0 Å². The molecule has 0 saturated carbocycles. The van der Waals surface area contributed by atoms with Crippen molar-refractivity contribution in [2.24, 2.45) is 0 Å². The van der Waals surface area contributed by atoms with Gasteiger partial charge in [0.1, 0.15) is 5.82 Å². The monoisotopic (exact) mass is 451 g/mol. The third-order valence-electron chi connectivity index (χ3n) is 4.73. The topological polar surface area (TPSA) is 83.9 Å². The van der Waals surface area contributed by atoms with Crippen molar-refractivity contribution in [1.29, 1.82) is 0 Å². The molecule has 0 aliphatic carbocycles. The largest absolute Gasteiger partial charge is 0.333 e. The minimum atomic E-state index is -3.55. The minimum Gasteiger partial charge on any atom is -0.333 e. The number of H-pyrrole nitrogens is 1. The van der Waals surface area contributed by atoms with E-state index in [-0.39, 0.29) is 4.90 Å². The van der Waals surface area contributed by atoms with Gasteiger partial charge in [-0.1, -0.05) is 11.8 Å². The molecule has 158 valence electrons. The molecule has 2 aromatic heterocycles. The molecule has 0 fully saturated rings. The summed E-state index contributed by atoms with van der Waals surface area (Å²) in [4.78, 5) is 12.0. The highest BCUT2D eigenvalue weighted by Gasteiger charge is 2.20. The second kappa shape index (κ2) is 7.64. The van der Waals surface area contributed by atoms with Crippen LogP contribution in [0.15, 0.2) is 40.4 Å². The van der Waals surface area contributed by atoms with Crippen molar-refractivity contribution < 1.29 is 17.2 Å². The first-order chi connectivity index (χ1) is 14.2. The average molecular weight is 452 g/mol. The molecule has 0 amide bonds. The second-order valence-electron chi connectivity index (χ2n) is 6.82. The number of nitrogens with zero attached hydrogens (tertiary/aromatic N) is 4. The predicted molar refractivity (Wildman–Crippen MR) is 112 cm³/mol. The molecule has 2 heterocycles. The van der Waals surface area contributed by atoms with E-state index in [2.05, 4.69) is 15.0 Å². The molecule has 2 aromatic carbocycles. The smallest absolute Gasteiger partial charge is 0.242 e. The number of fused-ring (bicyclic) bond motifs is 2. The van der Waals surface area contributed by atoms with E-state index in [4.69, 9.17) is 0 Å². The molecule has 0 unspecified atom stereocenters. The quantitative estimate of drug-likeness (QED) is 0.452. The number of aromatic nitrogens is 4. The number of thioether (sulfide) groups is 1. The van der Waals surface area contributed by atoms with E-state index in [9.17, 15) is 17.2 Å². The zero-order valence-electron chi connectivity index (χ0n) is 16.5. The predicted octanol–water partition coefficient (Wildman–Crippen LogP) is 3.75. The van der Waals surface area contributed by atoms with E-state index in [0.717, 1.165) is 27.8 Å². The third kappa shape index (κ3) is 3.57. The van der Waals surface area contributed by atoms with Crippen LogP contribution in [-0.4, -0.2) is 46.3 Å². The van der Waals surface area contributed by atoms with Crippen LogP contribution in [0.5, 0.6) is 0 Å². The van der Waals surface area contributed by atoms with Gasteiger partial charge in [-0.2, -0.15) is 0 Å². The molecule has 0 aliphatic heterocycles. The fourth-order valence-corrected chi connectivity index (χ4v) is 4.93. The number of benzene rings is 2. The zero-order valence-corrected chi connectivity index (χ0v) is 18.1. The molecular formula is C19H19F2N5O2S2. The maximum Gasteiger partial charge on any atom is 0.242 e. The molecule has 0 atom stereocenters. The standard InChI is InChI=1S/C19H19F2N5O2S2/c1-4-26-17-6-5-11(30(27,28)25(2)3)7-16(17)22-18(26)10-29-19-23-14-8-12(20)13(21)9-15(14)24-19/h5-9H,4,10H2,1-3H3,(H,23,24). The lowest BCUT2D eigenvalue weighted by molar-refractivity contribution is 0.510. The fraction of sp³-hybridized carbons (Fsp3) is 0.263. The van der Waals surface area contributed by atoms with Gasteiger partial charge in [0.2, 0.25) is 10.0 Å². The molecular weight excluding hydrogens is 432 g/mol. The van der Waals surface area contributed by atoms with E-state index in [0.29, 0.717) is 34.0 Å². The summed E-state index contributed by atoms with van der Waals surface area (Å²) in [5, 5.41) is 0.514. The van der Waals surface area contributed by atoms with Gasteiger partial charge < -0.3 is 9.55 Å². The van der Waals surface area contributed by atoms with Crippen LogP contribution in [0.1, 0.15) is 12.7 Å². The lowest BCUT2D eigenvalue weighted by Gasteiger charge is -2.11. The van der Waals surface area contributed by atoms with Crippen LogP contribution in [0.25, 0.3) is 22.1 Å². The number of aryl methyl sites for hydroxylation is 1. The van der Waals surface area contributed by atoms with Crippen LogP contribution in [0.4, 0.5) is 8.78 Å². The van der Waals surface area contributed by atoms with Crippen molar-refractivity contribution in [2.75, 3.05) is 14.1 Å². The van der Waals surface area contributed by atoms with Gasteiger partial charge in [0.15, 0.2) is 16.8 Å². The van der Waals surface area contributed by atoms with Crippen LogP contribution < -0.4 is 0 Å². The van der Waals surface area contributed by atoms with Gasteiger partial charge in [0.05, 0.1) is 32.7 Å². The highest BCUT2D eigenvalue weighted by atomic mass is 32.2. The van der Waals surface area contributed by atoms with Crippen LogP contribution >= 0.6 is 11.8 Å². The Labute approximate surface area is 176 Å². The van der Waals surface area contributed by atoms with Gasteiger partial charge in [-0.3, -0.25) is 0 Å². The summed E-state index contributed by atoms with van der Waals surface area (Å²) in [5.74, 6) is -0.682. The molecule has 7 nitrogen and oxygen atoms in total. The molecule has 0 aliphatic rings. The van der Waals surface area contributed by atoms with Crippen molar-refractivity contribution in [2.45, 2.75) is 29.3 Å². The minimum absolute atomic E-state index is 0.182. The molecule has 0 bridgehead atoms. The number of hydrogen-bond donors (Lipinski definition) is 1. The van der Waals surface area contributed by atoms with Crippen LogP contribution in [0.2, 0.25) is 0 Å². The summed E-state index contributed by atoms with van der Waals surface area (Å²) >= 11 is 1.35. The molecule has 30 heavy (non-hydrogen) atoms. The van der Waals surface area contributed by atoms with E-state index in [1.54, 1.807) is 18.2 Å². The van der Waals surface area contributed by atoms with Crippen molar-refractivity contribution in [3.05, 3.63) is 47.8 Å². The lowest BCUT2D eigenvalue weighted by atomic mass is 10.3. The highest BCUT2D eigenvalue weighted by Crippen LogP contribution is 2.27. The molecule has 11 heteroatoms. The van der Waals surface area contributed by atoms with E-state index in [1.165, 1.54) is 25.9 Å². The van der Waals surface area contributed by atoms with Crippen molar-refractivity contribution in [1.82, 2.24) is 23.8 Å². The molecule has 1 N–H and O–H groups in total. The highest BCUT2D eigenvalue weighted by molar-refractivity contribution is 7.98. The summed E-state index contributed by atoms with van der Waals surface area (Å²) in [5.41, 5.74) is 2.18. The summed E-state index contributed by atoms with van der Waals surface area (Å²) < 4.78 is 54.8. The number of nitrogens with one attached hydrogen (secondary N) is 1. The first kappa shape index (κ1) is 20.8. The summed E-state index contributed by atoms with van der Waals surface area (Å²) in [6.07, 6.45) is 0. The van der Waals surface area contributed by atoms with Crippen LogP contribution in [0.3, 0.4) is 0 Å². The van der Waals surface area contributed by atoms with Gasteiger partial charge in [-0.15, -0.1) is 0 Å². The maximum atomic E-state index is 13.4. The first-order valence-electron chi connectivity index (χ1n) is 9.10. The van der Waals surface area contributed by atoms with Gasteiger partial charge in [0, 0.05) is 32.8 Å². The van der Waals surface area contributed by atoms with Crippen molar-refractivity contribution >= 4 is 43.9 Å².